The van der Waals surface area contributed by atoms with Gasteiger partial charge in [0.1, 0.15) is 11.3 Å². The van der Waals surface area contributed by atoms with E-state index in [4.69, 9.17) is 15.3 Å². The molecule has 17 heavy (non-hydrogen) atoms. The van der Waals surface area contributed by atoms with Crippen molar-refractivity contribution in [2.45, 2.75) is 0 Å². The molecule has 0 aliphatic rings. The molecule has 0 saturated carbocycles. The van der Waals surface area contributed by atoms with Crippen molar-refractivity contribution in [3.63, 3.8) is 0 Å². The van der Waals surface area contributed by atoms with Crippen LogP contribution in [0.25, 0.3) is 11.1 Å². The van der Waals surface area contributed by atoms with Gasteiger partial charge in [0, 0.05) is 0 Å². The zero-order chi connectivity index (χ0) is 12.1. The number of aromatic hydroxyl groups is 1. The number of phenols is 1. The molecule has 0 radical (unpaired) electrons. The van der Waals surface area contributed by atoms with Crippen molar-refractivity contribution in [3.05, 3.63) is 54.6 Å². The molecule has 0 spiro atoms. The Balaban J connectivity index is 0.000000136. The van der Waals surface area contributed by atoms with Gasteiger partial charge in [-0.25, -0.2) is 0 Å². The molecule has 3 N–H and O–H groups in total. The molecule has 4 nitrogen and oxygen atoms in total. The lowest BCUT2D eigenvalue weighted by Gasteiger charge is -1.82. The minimum absolute atomic E-state index is 0.223. The number of nitrogens with two attached hydrogens (primary N) is 1. The number of oxazole rings is 1. The van der Waals surface area contributed by atoms with E-state index < -0.39 is 0 Å². The number of phenolic OH excluding ortho intramolecular Hbond substituents is 1. The summed E-state index contributed by atoms with van der Waals surface area (Å²) in [6.07, 6.45) is 0. The van der Waals surface area contributed by atoms with E-state index in [1.165, 1.54) is 0 Å². The highest BCUT2D eigenvalue weighted by Crippen LogP contribution is 2.14. The number of benzene rings is 2. The Bertz CT molecular complexity index is 557. The largest absolute Gasteiger partial charge is 0.508 e. The Hall–Kier alpha value is -2.49. The number of fused-ring (bicyclic) bond motifs is 1. The Kier molecular flexibility index (Phi) is 3.25. The van der Waals surface area contributed by atoms with E-state index in [2.05, 4.69) is 4.98 Å². The molecule has 0 bridgehead atoms. The van der Waals surface area contributed by atoms with Gasteiger partial charge in [-0.3, -0.25) is 0 Å². The highest BCUT2D eigenvalue weighted by Gasteiger charge is 1.97. The number of anilines is 1. The topological polar surface area (TPSA) is 72.3 Å². The molecule has 0 saturated heterocycles. The number of nitrogen functional groups attached to an aromatic ring is 1. The van der Waals surface area contributed by atoms with Crippen molar-refractivity contribution in [2.24, 2.45) is 0 Å². The van der Waals surface area contributed by atoms with E-state index in [1.807, 2.05) is 30.3 Å². The molecule has 86 valence electrons. The normalized spacial score (nSPS) is 9.65. The fourth-order valence-corrected chi connectivity index (χ4v) is 1.32. The second kappa shape index (κ2) is 5.03. The molecular weight excluding hydrogens is 216 g/mol. The first-order chi connectivity index (χ1) is 8.25. The molecule has 0 aliphatic heterocycles. The number of hydrogen-bond acceptors (Lipinski definition) is 4. The van der Waals surface area contributed by atoms with Gasteiger partial charge >= 0.3 is 0 Å². The molecule has 0 aliphatic carbocycles. The zero-order valence-electron chi connectivity index (χ0n) is 9.08. The van der Waals surface area contributed by atoms with E-state index in [1.54, 1.807) is 24.3 Å². The van der Waals surface area contributed by atoms with Gasteiger partial charge in [-0.15, -0.1) is 0 Å². The molecule has 1 heterocycles. The van der Waals surface area contributed by atoms with E-state index in [0.29, 0.717) is 5.75 Å². The third kappa shape index (κ3) is 2.98. The van der Waals surface area contributed by atoms with Crippen molar-refractivity contribution in [3.8, 4) is 5.75 Å². The van der Waals surface area contributed by atoms with Crippen LogP contribution in [0, 0.1) is 0 Å². The fourth-order valence-electron chi connectivity index (χ4n) is 1.32. The van der Waals surface area contributed by atoms with Crippen LogP contribution in [0.4, 0.5) is 6.01 Å². The molecule has 0 atom stereocenters. The summed E-state index contributed by atoms with van der Waals surface area (Å²) in [7, 11) is 0. The maximum Gasteiger partial charge on any atom is 0.292 e. The molecule has 2 aromatic carbocycles. The molecule has 4 heteroatoms. The maximum absolute atomic E-state index is 8.63. The van der Waals surface area contributed by atoms with Gasteiger partial charge in [-0.1, -0.05) is 30.3 Å². The van der Waals surface area contributed by atoms with Gasteiger partial charge in [0.15, 0.2) is 5.58 Å². The number of nitrogens with zero attached hydrogens (tertiary/aromatic N) is 1. The van der Waals surface area contributed by atoms with Gasteiger partial charge in [-0.05, 0) is 24.3 Å². The second-order valence-corrected chi connectivity index (χ2v) is 3.36. The van der Waals surface area contributed by atoms with E-state index in [9.17, 15) is 0 Å². The van der Waals surface area contributed by atoms with Gasteiger partial charge in [0.25, 0.3) is 6.01 Å². The standard InChI is InChI=1S/C7H6N2O.C6H6O/c8-7-9-5-3-1-2-4-6(5)10-7;7-6-4-2-1-3-5-6/h1-4H,(H2,8,9);1-5,7H. The summed E-state index contributed by atoms with van der Waals surface area (Å²) in [5.41, 5.74) is 6.85. The third-order valence-corrected chi connectivity index (χ3v) is 2.07. The van der Waals surface area contributed by atoms with Crippen LogP contribution in [0.1, 0.15) is 0 Å². The lowest BCUT2D eigenvalue weighted by molar-refractivity contribution is 0.475. The van der Waals surface area contributed by atoms with Crippen LogP contribution >= 0.6 is 0 Å². The van der Waals surface area contributed by atoms with Crippen LogP contribution in [0.15, 0.2) is 59.0 Å². The average molecular weight is 228 g/mol. The summed E-state index contributed by atoms with van der Waals surface area (Å²) < 4.78 is 5.03. The molecule has 3 aromatic rings. The Labute approximate surface area is 98.3 Å². The van der Waals surface area contributed by atoms with Gasteiger partial charge in [0.2, 0.25) is 0 Å². The lowest BCUT2D eigenvalue weighted by atomic mass is 10.3. The monoisotopic (exact) mass is 228 g/mol. The van der Waals surface area contributed by atoms with Crippen LogP contribution < -0.4 is 5.73 Å². The summed E-state index contributed by atoms with van der Waals surface area (Å²) in [6, 6.07) is 16.4. The van der Waals surface area contributed by atoms with Crippen LogP contribution in [0.3, 0.4) is 0 Å². The van der Waals surface area contributed by atoms with Crippen molar-refractivity contribution >= 4 is 17.1 Å². The smallest absolute Gasteiger partial charge is 0.292 e. The second-order valence-electron chi connectivity index (χ2n) is 3.36. The molecule has 0 unspecified atom stereocenters. The fraction of sp³-hybridized carbons (Fsp3) is 0. The molecule has 3 rings (SSSR count). The first kappa shape index (κ1) is 11.0. The van der Waals surface area contributed by atoms with Crippen molar-refractivity contribution in [1.29, 1.82) is 0 Å². The summed E-state index contributed by atoms with van der Waals surface area (Å²) in [4.78, 5) is 3.92. The van der Waals surface area contributed by atoms with Gasteiger partial charge in [0.05, 0.1) is 0 Å². The van der Waals surface area contributed by atoms with Crippen LogP contribution in [-0.4, -0.2) is 10.1 Å². The number of para-hydroxylation sites is 3. The van der Waals surface area contributed by atoms with Crippen molar-refractivity contribution < 1.29 is 9.52 Å². The minimum Gasteiger partial charge on any atom is -0.508 e. The Morgan fingerprint density at radius 2 is 1.59 bits per heavy atom. The molecule has 1 aromatic heterocycles. The van der Waals surface area contributed by atoms with Crippen LogP contribution in [-0.2, 0) is 0 Å². The van der Waals surface area contributed by atoms with Crippen molar-refractivity contribution in [1.82, 2.24) is 4.98 Å². The Morgan fingerprint density at radius 1 is 0.941 bits per heavy atom. The lowest BCUT2D eigenvalue weighted by Crippen LogP contribution is -1.80. The minimum atomic E-state index is 0.223. The highest BCUT2D eigenvalue weighted by atomic mass is 16.4. The van der Waals surface area contributed by atoms with E-state index >= 15 is 0 Å². The molecule has 0 amide bonds. The van der Waals surface area contributed by atoms with Gasteiger partial charge < -0.3 is 15.3 Å². The number of aromatic nitrogens is 1. The summed E-state index contributed by atoms with van der Waals surface area (Å²) in [5.74, 6) is 0.322. The van der Waals surface area contributed by atoms with Crippen LogP contribution in [0.2, 0.25) is 0 Å². The Morgan fingerprint density at radius 3 is 2.18 bits per heavy atom. The number of rotatable bonds is 0. The molecular formula is C13H12N2O2. The number of hydrogen-bond donors (Lipinski definition) is 2. The predicted octanol–water partition coefficient (Wildman–Crippen LogP) is 2.80. The SMILES string of the molecule is Nc1nc2ccccc2o1.Oc1ccccc1. The first-order valence-corrected chi connectivity index (χ1v) is 5.11. The predicted molar refractivity (Wildman–Crippen MR) is 66.5 cm³/mol. The first-order valence-electron chi connectivity index (χ1n) is 5.11. The van der Waals surface area contributed by atoms with Crippen LogP contribution in [0.5, 0.6) is 5.75 Å². The maximum atomic E-state index is 8.63. The van der Waals surface area contributed by atoms with Gasteiger partial charge in [-0.2, -0.15) is 4.98 Å². The molecule has 0 fully saturated rings. The van der Waals surface area contributed by atoms with E-state index in [0.717, 1.165) is 11.1 Å². The summed E-state index contributed by atoms with van der Waals surface area (Å²) in [6.45, 7) is 0. The average Bonchev–Trinajstić information content (AvgIpc) is 2.71. The summed E-state index contributed by atoms with van der Waals surface area (Å²) >= 11 is 0. The summed E-state index contributed by atoms with van der Waals surface area (Å²) in [5, 5.41) is 8.63. The highest BCUT2D eigenvalue weighted by molar-refractivity contribution is 5.73. The van der Waals surface area contributed by atoms with E-state index in [-0.39, 0.29) is 6.01 Å². The van der Waals surface area contributed by atoms with Crippen molar-refractivity contribution in [2.75, 3.05) is 5.73 Å². The third-order valence-electron chi connectivity index (χ3n) is 2.07. The quantitative estimate of drug-likeness (QED) is 0.620. The zero-order valence-corrected chi connectivity index (χ0v) is 9.08.